The van der Waals surface area contributed by atoms with Gasteiger partial charge < -0.3 is 9.73 Å². The molecule has 2 aromatic rings. The fourth-order valence-electron chi connectivity index (χ4n) is 1.73. The van der Waals surface area contributed by atoms with E-state index in [-0.39, 0.29) is 10.8 Å². The van der Waals surface area contributed by atoms with Crippen LogP contribution in [0.15, 0.2) is 34.7 Å². The summed E-state index contributed by atoms with van der Waals surface area (Å²) in [6.07, 6.45) is 0. The first-order chi connectivity index (χ1) is 8.58. The first kappa shape index (κ1) is 13.1. The Morgan fingerprint density at radius 2 is 1.89 bits per heavy atom. The van der Waals surface area contributed by atoms with Crippen molar-refractivity contribution < 1.29 is 13.2 Å². The zero-order valence-corrected chi connectivity index (χ0v) is 10.5. The lowest BCUT2D eigenvalue weighted by molar-refractivity contribution is 0.441. The van der Waals surface area contributed by atoms with Crippen LogP contribution in [0, 0.1) is 11.6 Å². The Balaban J connectivity index is 2.06. The van der Waals surface area contributed by atoms with Crippen molar-refractivity contribution in [3.05, 3.63) is 58.5 Å². The second kappa shape index (κ2) is 5.50. The minimum absolute atomic E-state index is 0.0233. The Morgan fingerprint density at radius 1 is 1.22 bits per heavy atom. The van der Waals surface area contributed by atoms with Gasteiger partial charge in [0, 0.05) is 11.6 Å². The predicted molar refractivity (Wildman–Crippen MR) is 65.3 cm³/mol. The van der Waals surface area contributed by atoms with E-state index >= 15 is 0 Å². The van der Waals surface area contributed by atoms with Crippen molar-refractivity contribution in [2.75, 3.05) is 0 Å². The quantitative estimate of drug-likeness (QED) is 0.907. The second-order valence-corrected chi connectivity index (χ2v) is 4.32. The van der Waals surface area contributed by atoms with Crippen LogP contribution in [0.2, 0.25) is 5.22 Å². The molecule has 5 heteroatoms. The highest BCUT2D eigenvalue weighted by molar-refractivity contribution is 6.28. The van der Waals surface area contributed by atoms with Gasteiger partial charge in [-0.05, 0) is 42.8 Å². The molecule has 1 N–H and O–H groups in total. The Morgan fingerprint density at radius 3 is 2.44 bits per heavy atom. The fourth-order valence-corrected chi connectivity index (χ4v) is 1.89. The molecule has 0 fully saturated rings. The Bertz CT molecular complexity index is 521. The highest BCUT2D eigenvalue weighted by Gasteiger charge is 2.15. The molecule has 0 aliphatic heterocycles. The predicted octanol–water partition coefficient (Wildman–Crippen LogP) is 4.06. The minimum Gasteiger partial charge on any atom is -0.448 e. The molecule has 0 aliphatic carbocycles. The van der Waals surface area contributed by atoms with Crippen molar-refractivity contribution in [2.24, 2.45) is 0 Å². The third-order valence-corrected chi connectivity index (χ3v) is 2.85. The van der Waals surface area contributed by atoms with Crippen LogP contribution in [-0.2, 0) is 6.54 Å². The van der Waals surface area contributed by atoms with Crippen LogP contribution in [0.5, 0.6) is 0 Å². The number of hydrogen-bond acceptors (Lipinski definition) is 2. The summed E-state index contributed by atoms with van der Waals surface area (Å²) in [5.41, 5.74) is 0.0233. The molecule has 0 amide bonds. The maximum Gasteiger partial charge on any atom is 0.193 e. The van der Waals surface area contributed by atoms with Gasteiger partial charge in [0.2, 0.25) is 0 Å². The minimum atomic E-state index is -0.563. The lowest BCUT2D eigenvalue weighted by Gasteiger charge is -2.14. The van der Waals surface area contributed by atoms with Crippen molar-refractivity contribution in [3.8, 4) is 0 Å². The molecule has 1 unspecified atom stereocenters. The van der Waals surface area contributed by atoms with Gasteiger partial charge in [0.25, 0.3) is 0 Å². The molecule has 2 rings (SSSR count). The average Bonchev–Trinajstić information content (AvgIpc) is 2.72. The molecule has 18 heavy (non-hydrogen) atoms. The van der Waals surface area contributed by atoms with Gasteiger partial charge in [0.15, 0.2) is 5.22 Å². The highest BCUT2D eigenvalue weighted by Crippen LogP contribution is 2.21. The maximum atomic E-state index is 13.5. The van der Waals surface area contributed by atoms with E-state index in [1.54, 1.807) is 19.1 Å². The summed E-state index contributed by atoms with van der Waals surface area (Å²) in [6, 6.07) is 6.68. The van der Waals surface area contributed by atoms with Crippen LogP contribution >= 0.6 is 11.6 Å². The molecular formula is C13H12ClF2NO. The zero-order chi connectivity index (χ0) is 13.1. The lowest BCUT2D eigenvalue weighted by atomic mass is 10.1. The van der Waals surface area contributed by atoms with Crippen LogP contribution in [-0.4, -0.2) is 0 Å². The van der Waals surface area contributed by atoms with E-state index in [4.69, 9.17) is 16.0 Å². The number of hydrogen-bond donors (Lipinski definition) is 1. The molecule has 1 aromatic carbocycles. The molecule has 0 saturated heterocycles. The van der Waals surface area contributed by atoms with Gasteiger partial charge >= 0.3 is 0 Å². The first-order valence-electron chi connectivity index (χ1n) is 5.49. The molecular weight excluding hydrogens is 260 g/mol. The topological polar surface area (TPSA) is 25.2 Å². The van der Waals surface area contributed by atoms with E-state index in [0.29, 0.717) is 12.3 Å². The summed E-state index contributed by atoms with van der Waals surface area (Å²) in [6.45, 7) is 2.04. The van der Waals surface area contributed by atoms with E-state index < -0.39 is 17.7 Å². The summed E-state index contributed by atoms with van der Waals surface area (Å²) < 4.78 is 32.2. The molecule has 96 valence electrons. The van der Waals surface area contributed by atoms with Crippen molar-refractivity contribution in [1.82, 2.24) is 5.32 Å². The smallest absolute Gasteiger partial charge is 0.193 e. The molecule has 0 saturated carbocycles. The average molecular weight is 272 g/mol. The van der Waals surface area contributed by atoms with Gasteiger partial charge in [0.05, 0.1) is 6.54 Å². The number of nitrogens with one attached hydrogen (secondary N) is 1. The third-order valence-electron chi connectivity index (χ3n) is 2.64. The molecule has 0 bridgehead atoms. The number of halogens is 3. The SMILES string of the molecule is CC(NCc1ccc(Cl)o1)c1c(F)cccc1F. The second-order valence-electron chi connectivity index (χ2n) is 3.94. The molecule has 0 aliphatic rings. The Kier molecular flexibility index (Phi) is 3.99. The number of benzene rings is 1. The van der Waals surface area contributed by atoms with E-state index in [1.807, 2.05) is 0 Å². The molecule has 0 spiro atoms. The normalized spacial score (nSPS) is 12.7. The standard InChI is InChI=1S/C13H12ClF2NO/c1-8(13-10(15)3-2-4-11(13)16)17-7-9-5-6-12(14)18-9/h2-6,8,17H,7H2,1H3. The number of rotatable bonds is 4. The van der Waals surface area contributed by atoms with E-state index in [1.165, 1.54) is 18.2 Å². The van der Waals surface area contributed by atoms with Crippen LogP contribution < -0.4 is 5.32 Å². The van der Waals surface area contributed by atoms with Gasteiger partial charge in [-0.3, -0.25) is 0 Å². The monoisotopic (exact) mass is 271 g/mol. The van der Waals surface area contributed by atoms with Crippen molar-refractivity contribution in [1.29, 1.82) is 0 Å². The third kappa shape index (κ3) is 2.89. The molecule has 1 atom stereocenters. The first-order valence-corrected chi connectivity index (χ1v) is 5.87. The van der Waals surface area contributed by atoms with Crippen molar-refractivity contribution in [2.45, 2.75) is 19.5 Å². The molecule has 1 heterocycles. The maximum absolute atomic E-state index is 13.5. The summed E-state index contributed by atoms with van der Waals surface area (Å²) >= 11 is 5.63. The Labute approximate surface area is 109 Å². The zero-order valence-electron chi connectivity index (χ0n) is 9.71. The largest absolute Gasteiger partial charge is 0.448 e. The van der Waals surface area contributed by atoms with Crippen LogP contribution in [0.4, 0.5) is 8.78 Å². The van der Waals surface area contributed by atoms with Gasteiger partial charge in [-0.15, -0.1) is 0 Å². The van der Waals surface area contributed by atoms with Gasteiger partial charge in [-0.1, -0.05) is 6.07 Å². The summed E-state index contributed by atoms with van der Waals surface area (Å²) in [5.74, 6) is -0.511. The molecule has 0 radical (unpaired) electrons. The summed E-state index contributed by atoms with van der Waals surface area (Å²) in [4.78, 5) is 0. The van der Waals surface area contributed by atoms with Crippen LogP contribution in [0.1, 0.15) is 24.3 Å². The van der Waals surface area contributed by atoms with Crippen molar-refractivity contribution in [3.63, 3.8) is 0 Å². The van der Waals surface area contributed by atoms with Crippen molar-refractivity contribution >= 4 is 11.6 Å². The van der Waals surface area contributed by atoms with Gasteiger partial charge in [-0.2, -0.15) is 0 Å². The van der Waals surface area contributed by atoms with Crippen LogP contribution in [0.25, 0.3) is 0 Å². The molecule has 2 nitrogen and oxygen atoms in total. The van der Waals surface area contributed by atoms with E-state index in [2.05, 4.69) is 5.32 Å². The van der Waals surface area contributed by atoms with Crippen LogP contribution in [0.3, 0.4) is 0 Å². The van der Waals surface area contributed by atoms with E-state index in [0.717, 1.165) is 0 Å². The van der Waals surface area contributed by atoms with Gasteiger partial charge in [-0.25, -0.2) is 8.78 Å². The number of furan rings is 1. The fraction of sp³-hybridized carbons (Fsp3) is 0.231. The van der Waals surface area contributed by atoms with E-state index in [9.17, 15) is 8.78 Å². The van der Waals surface area contributed by atoms with Gasteiger partial charge in [0.1, 0.15) is 17.4 Å². The summed E-state index contributed by atoms with van der Waals surface area (Å²) in [5, 5.41) is 3.27. The molecule has 1 aromatic heterocycles. The lowest BCUT2D eigenvalue weighted by Crippen LogP contribution is -2.20. The highest BCUT2D eigenvalue weighted by atomic mass is 35.5. The Hall–Kier alpha value is -1.39. The summed E-state index contributed by atoms with van der Waals surface area (Å²) in [7, 11) is 0.